The number of carbonyl (C=O) groups excluding carboxylic acids is 2. The van der Waals surface area contributed by atoms with E-state index in [9.17, 15) is 9.59 Å². The molecule has 7 nitrogen and oxygen atoms in total. The van der Waals surface area contributed by atoms with Gasteiger partial charge in [-0.05, 0) is 37.3 Å². The topological polar surface area (TPSA) is 77.1 Å². The lowest BCUT2D eigenvalue weighted by Gasteiger charge is -2.38. The lowest BCUT2D eigenvalue weighted by molar-refractivity contribution is -0.145. The summed E-state index contributed by atoms with van der Waals surface area (Å²) in [6, 6.07) is 19.9. The maximum Gasteiger partial charge on any atom is 0.344 e. The highest BCUT2D eigenvalue weighted by atomic mass is 35.5. The summed E-state index contributed by atoms with van der Waals surface area (Å²) in [6.45, 7) is 1.64. The van der Waals surface area contributed by atoms with Gasteiger partial charge in [0.05, 0.1) is 19.3 Å². The van der Waals surface area contributed by atoms with Gasteiger partial charge in [-0.2, -0.15) is 0 Å². The van der Waals surface area contributed by atoms with Crippen LogP contribution >= 0.6 is 11.6 Å². The number of hydrogen-bond donors (Lipinski definition) is 1. The third-order valence-electron chi connectivity index (χ3n) is 5.16. The fraction of sp³-hybridized carbons (Fsp3) is 0.200. The van der Waals surface area contributed by atoms with E-state index in [0.717, 1.165) is 0 Å². The number of carbonyl (C=O) groups is 2. The molecule has 3 aromatic rings. The van der Waals surface area contributed by atoms with Crippen molar-refractivity contribution in [3.8, 4) is 11.5 Å². The van der Waals surface area contributed by atoms with Crippen LogP contribution in [0.15, 0.2) is 66.7 Å². The van der Waals surface area contributed by atoms with Crippen molar-refractivity contribution in [2.75, 3.05) is 30.5 Å². The summed E-state index contributed by atoms with van der Waals surface area (Å²) in [5.41, 5.74) is 2.44. The van der Waals surface area contributed by atoms with Gasteiger partial charge in [0, 0.05) is 28.0 Å². The van der Waals surface area contributed by atoms with Gasteiger partial charge in [-0.1, -0.05) is 41.9 Å². The first-order valence-electron chi connectivity index (χ1n) is 10.4. The Kier molecular flexibility index (Phi) is 6.70. The van der Waals surface area contributed by atoms with E-state index in [1.54, 1.807) is 30.0 Å². The van der Waals surface area contributed by atoms with E-state index in [-0.39, 0.29) is 19.1 Å². The molecule has 33 heavy (non-hydrogen) atoms. The maximum atomic E-state index is 13.6. The molecule has 1 aliphatic rings. The fourth-order valence-electron chi connectivity index (χ4n) is 3.76. The zero-order chi connectivity index (χ0) is 23.4. The normalized spacial score (nSPS) is 14.8. The van der Waals surface area contributed by atoms with E-state index in [1.807, 2.05) is 48.5 Å². The van der Waals surface area contributed by atoms with Crippen LogP contribution in [0.1, 0.15) is 29.0 Å². The number of esters is 1. The van der Waals surface area contributed by atoms with E-state index >= 15 is 0 Å². The molecule has 1 amide bonds. The van der Waals surface area contributed by atoms with Crippen LogP contribution in [-0.4, -0.2) is 32.2 Å². The Bertz CT molecular complexity index is 1170. The van der Waals surface area contributed by atoms with Gasteiger partial charge in [0.25, 0.3) is 5.91 Å². The monoisotopic (exact) mass is 466 g/mol. The molecule has 4 rings (SSSR count). The number of rotatable bonds is 7. The molecule has 0 saturated carbocycles. The summed E-state index contributed by atoms with van der Waals surface area (Å²) in [6.07, 6.45) is -0.681. The van der Waals surface area contributed by atoms with Crippen LogP contribution in [0.4, 0.5) is 11.4 Å². The number of benzene rings is 3. The standard InChI is InChI=1S/C25H23ClN2O5/c1-3-32-22(29)15-33-23-19(13-16(26)14-21(23)31-2)24-27-20-12-8-7-11-18(20)25(30)28(24)17-9-5-4-6-10-17/h4-14,24,27H,3,15H2,1-2H3/t24-/m0/s1. The molecular formula is C25H23ClN2O5. The Morgan fingerprint density at radius 2 is 1.82 bits per heavy atom. The summed E-state index contributed by atoms with van der Waals surface area (Å²) in [4.78, 5) is 27.2. The Morgan fingerprint density at radius 3 is 2.55 bits per heavy atom. The fourth-order valence-corrected chi connectivity index (χ4v) is 3.97. The number of nitrogens with one attached hydrogen (secondary N) is 1. The number of hydrogen-bond acceptors (Lipinski definition) is 6. The second-order valence-electron chi connectivity index (χ2n) is 7.22. The number of amides is 1. The molecule has 0 unspecified atom stereocenters. The summed E-state index contributed by atoms with van der Waals surface area (Å²) in [7, 11) is 1.48. The highest BCUT2D eigenvalue weighted by Crippen LogP contribution is 2.44. The van der Waals surface area contributed by atoms with Gasteiger partial charge < -0.3 is 19.5 Å². The third kappa shape index (κ3) is 4.59. The van der Waals surface area contributed by atoms with E-state index in [4.69, 9.17) is 25.8 Å². The summed E-state index contributed by atoms with van der Waals surface area (Å²) < 4.78 is 16.3. The minimum atomic E-state index is -0.681. The van der Waals surface area contributed by atoms with Crippen molar-refractivity contribution in [1.29, 1.82) is 0 Å². The molecular weight excluding hydrogens is 444 g/mol. The molecule has 0 spiro atoms. The summed E-state index contributed by atoms with van der Waals surface area (Å²) in [5, 5.41) is 3.81. The third-order valence-corrected chi connectivity index (χ3v) is 5.38. The lowest BCUT2D eigenvalue weighted by Crippen LogP contribution is -2.43. The number of anilines is 2. The number of methoxy groups -OCH3 is 1. The van der Waals surface area contributed by atoms with Crippen molar-refractivity contribution >= 4 is 34.9 Å². The van der Waals surface area contributed by atoms with Gasteiger partial charge in [0.1, 0.15) is 6.17 Å². The summed E-state index contributed by atoms with van der Waals surface area (Å²) in [5.74, 6) is -0.0716. The minimum absolute atomic E-state index is 0.184. The highest BCUT2D eigenvalue weighted by Gasteiger charge is 2.36. The molecule has 170 valence electrons. The zero-order valence-electron chi connectivity index (χ0n) is 18.2. The van der Waals surface area contributed by atoms with E-state index < -0.39 is 12.1 Å². The SMILES string of the molecule is CCOC(=O)COc1c(OC)cc(Cl)cc1[C@H]1Nc2ccccc2C(=O)N1c1ccccc1. The van der Waals surface area contributed by atoms with Crippen LogP contribution in [-0.2, 0) is 9.53 Å². The van der Waals surface area contributed by atoms with Crippen LogP contribution in [0.5, 0.6) is 11.5 Å². The van der Waals surface area contributed by atoms with Crippen molar-refractivity contribution in [3.05, 3.63) is 82.9 Å². The predicted molar refractivity (Wildman–Crippen MR) is 126 cm³/mol. The Hall–Kier alpha value is -3.71. The number of para-hydroxylation sites is 2. The van der Waals surface area contributed by atoms with Gasteiger partial charge in [-0.3, -0.25) is 9.69 Å². The van der Waals surface area contributed by atoms with Crippen LogP contribution in [0.2, 0.25) is 5.02 Å². The quantitative estimate of drug-likeness (QED) is 0.490. The van der Waals surface area contributed by atoms with Crippen LogP contribution in [0, 0.1) is 0 Å². The van der Waals surface area contributed by atoms with Crippen LogP contribution in [0.25, 0.3) is 0 Å². The van der Waals surface area contributed by atoms with E-state index in [2.05, 4.69) is 5.32 Å². The first kappa shape index (κ1) is 22.5. The molecule has 1 heterocycles. The second-order valence-corrected chi connectivity index (χ2v) is 7.66. The van der Waals surface area contributed by atoms with Crippen LogP contribution < -0.4 is 19.7 Å². The van der Waals surface area contributed by atoms with Crippen molar-refractivity contribution in [3.63, 3.8) is 0 Å². The molecule has 0 aromatic heterocycles. The molecule has 0 fully saturated rings. The average molecular weight is 467 g/mol. The Morgan fingerprint density at radius 1 is 1.09 bits per heavy atom. The smallest absolute Gasteiger partial charge is 0.344 e. The van der Waals surface area contributed by atoms with Crippen molar-refractivity contribution in [1.82, 2.24) is 0 Å². The van der Waals surface area contributed by atoms with Crippen molar-refractivity contribution in [2.24, 2.45) is 0 Å². The first-order valence-corrected chi connectivity index (χ1v) is 10.8. The molecule has 0 saturated heterocycles. The highest BCUT2D eigenvalue weighted by molar-refractivity contribution is 6.31. The number of fused-ring (bicyclic) bond motifs is 1. The minimum Gasteiger partial charge on any atom is -0.493 e. The van der Waals surface area contributed by atoms with Crippen LogP contribution in [0.3, 0.4) is 0 Å². The second kappa shape index (κ2) is 9.83. The molecule has 8 heteroatoms. The number of halogens is 1. The molecule has 0 aliphatic carbocycles. The van der Waals surface area contributed by atoms with Gasteiger partial charge in [0.2, 0.25) is 0 Å². The molecule has 1 atom stereocenters. The van der Waals surface area contributed by atoms with E-state index in [1.165, 1.54) is 7.11 Å². The number of ether oxygens (including phenoxy) is 3. The van der Waals surface area contributed by atoms with Crippen molar-refractivity contribution in [2.45, 2.75) is 13.1 Å². The van der Waals surface area contributed by atoms with Gasteiger partial charge in [-0.25, -0.2) is 4.79 Å². The lowest BCUT2D eigenvalue weighted by atomic mass is 10.0. The first-order chi connectivity index (χ1) is 16.0. The summed E-state index contributed by atoms with van der Waals surface area (Å²) >= 11 is 6.40. The Balaban J connectivity index is 1.85. The predicted octanol–water partition coefficient (Wildman–Crippen LogP) is 5.06. The molecule has 3 aromatic carbocycles. The molecule has 1 aliphatic heterocycles. The molecule has 0 bridgehead atoms. The molecule has 1 N–H and O–H groups in total. The molecule has 0 radical (unpaired) electrons. The largest absolute Gasteiger partial charge is 0.493 e. The van der Waals surface area contributed by atoms with Crippen molar-refractivity contribution < 1.29 is 23.8 Å². The Labute approximate surface area is 196 Å². The van der Waals surface area contributed by atoms with Gasteiger partial charge in [-0.15, -0.1) is 0 Å². The number of nitrogens with zero attached hydrogens (tertiary/aromatic N) is 1. The van der Waals surface area contributed by atoms with Gasteiger partial charge >= 0.3 is 5.97 Å². The van der Waals surface area contributed by atoms with E-state index in [0.29, 0.717) is 39.0 Å². The zero-order valence-corrected chi connectivity index (χ0v) is 19.0. The van der Waals surface area contributed by atoms with Gasteiger partial charge in [0.15, 0.2) is 18.1 Å². The average Bonchev–Trinajstić information content (AvgIpc) is 2.83. The maximum absolute atomic E-state index is 13.6.